The Morgan fingerprint density at radius 2 is 1.65 bits per heavy atom. The summed E-state index contributed by atoms with van der Waals surface area (Å²) in [7, 11) is 1.57. The van der Waals surface area contributed by atoms with E-state index in [1.807, 2.05) is 0 Å². The summed E-state index contributed by atoms with van der Waals surface area (Å²) in [4.78, 5) is 53.1. The van der Waals surface area contributed by atoms with Crippen LogP contribution in [0.5, 0.6) is 11.5 Å². The summed E-state index contributed by atoms with van der Waals surface area (Å²) in [5.74, 6) is -2.02. The zero-order valence-corrected chi connectivity index (χ0v) is 27.7. The summed E-state index contributed by atoms with van der Waals surface area (Å²) in [5, 5.41) is 48.3. The molecule has 0 spiro atoms. The molecule has 0 fully saturated rings. The smallest absolute Gasteiger partial charge is 0.345 e. The number of benzene rings is 4. The average molecular weight is 695 g/mol. The van der Waals surface area contributed by atoms with E-state index in [1.165, 1.54) is 47.4 Å². The fourth-order valence-electron chi connectivity index (χ4n) is 5.51. The second-order valence-corrected chi connectivity index (χ2v) is 11.9. The third-order valence-electron chi connectivity index (χ3n) is 8.42. The number of rotatable bonds is 15. The molecular weight excluding hydrogens is 656 g/mol. The standard InChI is InChI=1S/C38H38N4O9/c1-42(34(46)23-51-28-9-5-8-27(20-28)38(50,37(48)49)26-6-3-2-4-7-26)19-18-40-36(47)25-12-10-24(11-13-25)21-39-22-32(44)29-14-16-31(43)35-30(29)15-17-33(45)41-35/h2-17,20,32,39,43-44,50H,18-19,21-23H2,1H3,(H,40,47)(H,41,45)(H,48,49)/t32-,38-/m0/s1. The maximum Gasteiger partial charge on any atom is 0.345 e. The number of nitrogens with zero attached hydrogens (tertiary/aromatic N) is 1. The van der Waals surface area contributed by atoms with Crippen LogP contribution >= 0.6 is 0 Å². The maximum absolute atomic E-state index is 12.7. The van der Waals surface area contributed by atoms with E-state index >= 15 is 0 Å². The van der Waals surface area contributed by atoms with Crippen LogP contribution < -0.4 is 20.9 Å². The molecule has 0 bridgehead atoms. The average Bonchev–Trinajstić information content (AvgIpc) is 3.14. The molecule has 13 heteroatoms. The summed E-state index contributed by atoms with van der Waals surface area (Å²) in [6.07, 6.45) is -0.905. The van der Waals surface area contributed by atoms with Gasteiger partial charge in [0.15, 0.2) is 6.61 Å². The van der Waals surface area contributed by atoms with Crippen LogP contribution in [0.2, 0.25) is 0 Å². The molecule has 0 radical (unpaired) electrons. The Hall–Kier alpha value is -6.02. The minimum absolute atomic E-state index is 0.0742. The van der Waals surface area contributed by atoms with Crippen molar-refractivity contribution >= 4 is 28.7 Å². The normalized spacial score (nSPS) is 12.8. The second kappa shape index (κ2) is 16.1. The van der Waals surface area contributed by atoms with Crippen LogP contribution in [0.15, 0.2) is 108 Å². The number of carboxylic acid groups (broad SMARTS) is 1. The number of aromatic nitrogens is 1. The number of aliphatic hydroxyl groups excluding tert-OH is 1. The minimum Gasteiger partial charge on any atom is -0.506 e. The highest BCUT2D eigenvalue weighted by Gasteiger charge is 2.40. The van der Waals surface area contributed by atoms with Crippen molar-refractivity contribution in [2.75, 3.05) is 33.3 Å². The lowest BCUT2D eigenvalue weighted by atomic mass is 9.86. The molecule has 0 saturated heterocycles. The summed E-state index contributed by atoms with van der Waals surface area (Å²) in [5.41, 5.74) is -0.294. The maximum atomic E-state index is 12.7. The number of hydrogen-bond donors (Lipinski definition) is 7. The van der Waals surface area contributed by atoms with E-state index in [2.05, 4.69) is 15.6 Å². The topological polar surface area (TPSA) is 202 Å². The van der Waals surface area contributed by atoms with Crippen LogP contribution in [0.4, 0.5) is 0 Å². The molecule has 0 aliphatic heterocycles. The number of aromatic hydroxyl groups is 1. The Morgan fingerprint density at radius 1 is 0.922 bits per heavy atom. The van der Waals surface area contributed by atoms with Crippen LogP contribution in [-0.4, -0.2) is 81.4 Å². The number of carbonyl (C=O) groups excluding carboxylic acids is 2. The van der Waals surface area contributed by atoms with Gasteiger partial charge in [0.05, 0.1) is 11.6 Å². The van der Waals surface area contributed by atoms with Gasteiger partial charge in [-0.3, -0.25) is 14.4 Å². The number of hydrogen-bond acceptors (Lipinski definition) is 9. The van der Waals surface area contributed by atoms with Crippen molar-refractivity contribution in [2.45, 2.75) is 18.2 Å². The fourth-order valence-corrected chi connectivity index (χ4v) is 5.51. The quantitative estimate of drug-likeness (QED) is 0.0854. The van der Waals surface area contributed by atoms with E-state index < -0.39 is 17.7 Å². The molecule has 5 rings (SSSR count). The molecule has 1 heterocycles. The van der Waals surface area contributed by atoms with Crippen molar-refractivity contribution < 1.29 is 39.5 Å². The van der Waals surface area contributed by atoms with Crippen molar-refractivity contribution in [3.63, 3.8) is 0 Å². The number of aliphatic carboxylic acids is 1. The van der Waals surface area contributed by atoms with Crippen molar-refractivity contribution in [1.82, 2.24) is 20.5 Å². The number of phenolic OH excluding ortho intramolecular Hbond substituents is 1. The molecule has 4 aromatic carbocycles. The van der Waals surface area contributed by atoms with Crippen LogP contribution in [0.3, 0.4) is 0 Å². The fraction of sp³-hybridized carbons (Fsp3) is 0.211. The lowest BCUT2D eigenvalue weighted by Gasteiger charge is -2.25. The number of amides is 2. The first-order chi connectivity index (χ1) is 24.5. The molecule has 1 aromatic heterocycles. The molecule has 5 aromatic rings. The Bertz CT molecular complexity index is 2070. The van der Waals surface area contributed by atoms with E-state index in [0.29, 0.717) is 23.1 Å². The molecule has 264 valence electrons. The SMILES string of the molecule is CN(CCNC(=O)c1ccc(CNC[C@H](O)c2ccc(O)c3[nH]c(=O)ccc23)cc1)C(=O)COc1cccc([C@](O)(C(=O)O)c2ccccc2)c1. The number of phenols is 1. The first-order valence-electron chi connectivity index (χ1n) is 16.1. The number of carbonyl (C=O) groups is 3. The number of H-pyrrole nitrogens is 1. The molecular formula is C38H38N4O9. The van der Waals surface area contributed by atoms with Gasteiger partial charge in [-0.2, -0.15) is 0 Å². The lowest BCUT2D eigenvalue weighted by Crippen LogP contribution is -2.38. The number of likely N-dealkylation sites (N-methyl/N-ethyl adjacent to an activating group) is 1. The molecule has 7 N–H and O–H groups in total. The number of aromatic amines is 1. The van der Waals surface area contributed by atoms with Crippen molar-refractivity contribution in [1.29, 1.82) is 0 Å². The molecule has 2 atom stereocenters. The monoisotopic (exact) mass is 694 g/mol. The largest absolute Gasteiger partial charge is 0.506 e. The van der Waals surface area contributed by atoms with Gasteiger partial charge in [0, 0.05) is 55.8 Å². The summed E-state index contributed by atoms with van der Waals surface area (Å²) in [6.45, 7) is 0.660. The van der Waals surface area contributed by atoms with Gasteiger partial charge in [-0.05, 0) is 53.1 Å². The summed E-state index contributed by atoms with van der Waals surface area (Å²) < 4.78 is 5.61. The molecule has 2 amide bonds. The summed E-state index contributed by atoms with van der Waals surface area (Å²) >= 11 is 0. The number of fused-ring (bicyclic) bond motifs is 1. The first kappa shape index (κ1) is 36.3. The van der Waals surface area contributed by atoms with Gasteiger partial charge in [0.25, 0.3) is 11.8 Å². The number of pyridine rings is 1. The van der Waals surface area contributed by atoms with E-state index in [1.54, 1.807) is 67.7 Å². The predicted octanol–water partition coefficient (Wildman–Crippen LogP) is 2.64. The molecule has 0 aliphatic carbocycles. The van der Waals surface area contributed by atoms with Gasteiger partial charge >= 0.3 is 5.97 Å². The van der Waals surface area contributed by atoms with E-state index in [4.69, 9.17) is 4.74 Å². The summed E-state index contributed by atoms with van der Waals surface area (Å²) in [6, 6.07) is 26.8. The Morgan fingerprint density at radius 3 is 2.37 bits per heavy atom. The highest BCUT2D eigenvalue weighted by molar-refractivity contribution is 5.94. The van der Waals surface area contributed by atoms with E-state index in [-0.39, 0.29) is 71.8 Å². The van der Waals surface area contributed by atoms with Gasteiger partial charge in [-0.1, -0.05) is 60.7 Å². The lowest BCUT2D eigenvalue weighted by molar-refractivity contribution is -0.155. The molecule has 0 saturated carbocycles. The minimum atomic E-state index is -2.31. The van der Waals surface area contributed by atoms with Crippen LogP contribution in [0.25, 0.3) is 10.9 Å². The Kier molecular flexibility index (Phi) is 11.5. The number of aliphatic hydroxyl groups is 2. The van der Waals surface area contributed by atoms with Gasteiger partial charge < -0.3 is 45.7 Å². The highest BCUT2D eigenvalue weighted by atomic mass is 16.5. The van der Waals surface area contributed by atoms with E-state index in [0.717, 1.165) is 5.56 Å². The number of carboxylic acids is 1. The van der Waals surface area contributed by atoms with Gasteiger partial charge in [0.1, 0.15) is 11.5 Å². The molecule has 51 heavy (non-hydrogen) atoms. The molecule has 13 nitrogen and oxygen atoms in total. The van der Waals surface area contributed by atoms with Crippen molar-refractivity contribution in [3.05, 3.63) is 141 Å². The molecule has 0 unspecified atom stereocenters. The van der Waals surface area contributed by atoms with Gasteiger partial charge in [-0.25, -0.2) is 4.79 Å². The second-order valence-electron chi connectivity index (χ2n) is 11.9. The Balaban J connectivity index is 1.05. The highest BCUT2D eigenvalue weighted by Crippen LogP contribution is 2.32. The van der Waals surface area contributed by atoms with E-state index in [9.17, 15) is 39.6 Å². The predicted molar refractivity (Wildman–Crippen MR) is 188 cm³/mol. The molecule has 0 aliphatic rings. The van der Waals surface area contributed by atoms with Gasteiger partial charge in [0.2, 0.25) is 11.2 Å². The number of nitrogens with one attached hydrogen (secondary N) is 3. The number of ether oxygens (including phenoxy) is 1. The van der Waals surface area contributed by atoms with Crippen LogP contribution in [-0.2, 0) is 21.7 Å². The van der Waals surface area contributed by atoms with Crippen LogP contribution in [0, 0.1) is 0 Å². The van der Waals surface area contributed by atoms with Gasteiger partial charge in [-0.15, -0.1) is 0 Å². The third kappa shape index (κ3) is 8.59. The third-order valence-corrected chi connectivity index (χ3v) is 8.42. The van der Waals surface area contributed by atoms with Crippen molar-refractivity contribution in [3.8, 4) is 11.5 Å². The van der Waals surface area contributed by atoms with Crippen molar-refractivity contribution in [2.24, 2.45) is 0 Å². The zero-order valence-electron chi connectivity index (χ0n) is 27.7. The van der Waals surface area contributed by atoms with Crippen LogP contribution in [0.1, 0.15) is 38.7 Å². The zero-order chi connectivity index (χ0) is 36.5. The Labute approximate surface area is 292 Å². The first-order valence-corrected chi connectivity index (χ1v) is 16.1.